The molecular weight excluding hydrogens is 354 g/mol. The number of hydrogen-bond donors (Lipinski definition) is 1. The third kappa shape index (κ3) is 4.41. The minimum absolute atomic E-state index is 0.0232. The summed E-state index contributed by atoms with van der Waals surface area (Å²) in [7, 11) is 0. The summed E-state index contributed by atoms with van der Waals surface area (Å²) in [5.74, 6) is 1.48. The molecule has 150 valence electrons. The van der Waals surface area contributed by atoms with Gasteiger partial charge in [0.2, 0.25) is 5.75 Å². The van der Waals surface area contributed by atoms with Crippen molar-refractivity contribution < 1.29 is 19.0 Å². The molecule has 1 unspecified atom stereocenters. The van der Waals surface area contributed by atoms with Crippen molar-refractivity contribution in [1.82, 2.24) is 5.32 Å². The first kappa shape index (κ1) is 20.1. The molecule has 2 aromatic rings. The number of hydrogen-bond acceptors (Lipinski definition) is 4. The molecule has 28 heavy (non-hydrogen) atoms. The lowest BCUT2D eigenvalue weighted by molar-refractivity contribution is 0.0931. The molecule has 0 aromatic heterocycles. The number of carbonyl (C=O) groups is 1. The van der Waals surface area contributed by atoms with Crippen molar-refractivity contribution in [2.24, 2.45) is 0 Å². The second kappa shape index (κ2) is 9.49. The number of nitrogens with one attached hydrogen (secondary N) is 1. The second-order valence-electron chi connectivity index (χ2n) is 6.72. The Kier molecular flexibility index (Phi) is 6.80. The van der Waals surface area contributed by atoms with Gasteiger partial charge < -0.3 is 19.5 Å². The van der Waals surface area contributed by atoms with E-state index in [1.54, 1.807) is 12.1 Å². The normalized spacial score (nSPS) is 15.5. The molecule has 1 aliphatic carbocycles. The summed E-state index contributed by atoms with van der Waals surface area (Å²) in [4.78, 5) is 13.0. The summed E-state index contributed by atoms with van der Waals surface area (Å²) >= 11 is 0. The fourth-order valence-electron chi connectivity index (χ4n) is 3.67. The highest BCUT2D eigenvalue weighted by Gasteiger charge is 2.24. The molecule has 5 heteroatoms. The van der Waals surface area contributed by atoms with Gasteiger partial charge in [0.1, 0.15) is 0 Å². The van der Waals surface area contributed by atoms with Crippen molar-refractivity contribution in [1.29, 1.82) is 0 Å². The van der Waals surface area contributed by atoms with E-state index in [0.717, 1.165) is 19.3 Å². The molecule has 0 saturated heterocycles. The average Bonchev–Trinajstić information content (AvgIpc) is 2.71. The first-order valence-electron chi connectivity index (χ1n) is 10.1. The summed E-state index contributed by atoms with van der Waals surface area (Å²) in [6.07, 6.45) is 3.07. The summed E-state index contributed by atoms with van der Waals surface area (Å²) < 4.78 is 17.2. The van der Waals surface area contributed by atoms with Crippen LogP contribution in [0.15, 0.2) is 36.4 Å². The van der Waals surface area contributed by atoms with E-state index < -0.39 is 0 Å². The van der Waals surface area contributed by atoms with Gasteiger partial charge >= 0.3 is 0 Å². The van der Waals surface area contributed by atoms with E-state index in [9.17, 15) is 4.79 Å². The Morgan fingerprint density at radius 2 is 1.64 bits per heavy atom. The van der Waals surface area contributed by atoms with Crippen LogP contribution in [0.1, 0.15) is 61.1 Å². The number of ether oxygens (including phenoxy) is 3. The summed E-state index contributed by atoms with van der Waals surface area (Å²) in [6.45, 7) is 7.17. The molecule has 2 aromatic carbocycles. The maximum Gasteiger partial charge on any atom is 0.252 e. The fraction of sp³-hybridized carbons (Fsp3) is 0.435. The zero-order valence-electron chi connectivity index (χ0n) is 16.9. The Labute approximate surface area is 167 Å². The second-order valence-corrected chi connectivity index (χ2v) is 6.72. The largest absolute Gasteiger partial charge is 0.490 e. The number of fused-ring (bicyclic) bond motifs is 1. The van der Waals surface area contributed by atoms with E-state index in [1.165, 1.54) is 11.1 Å². The van der Waals surface area contributed by atoms with Crippen LogP contribution >= 0.6 is 0 Å². The van der Waals surface area contributed by atoms with Crippen molar-refractivity contribution in [3.8, 4) is 17.2 Å². The van der Waals surface area contributed by atoms with Gasteiger partial charge in [-0.15, -0.1) is 0 Å². The highest BCUT2D eigenvalue weighted by atomic mass is 16.5. The first-order chi connectivity index (χ1) is 13.7. The topological polar surface area (TPSA) is 56.8 Å². The minimum atomic E-state index is -0.133. The van der Waals surface area contributed by atoms with Crippen LogP contribution < -0.4 is 19.5 Å². The van der Waals surface area contributed by atoms with Gasteiger partial charge in [-0.05, 0) is 63.3 Å². The van der Waals surface area contributed by atoms with Gasteiger partial charge in [0.15, 0.2) is 11.5 Å². The van der Waals surface area contributed by atoms with E-state index in [4.69, 9.17) is 14.2 Å². The molecule has 0 fully saturated rings. The van der Waals surface area contributed by atoms with Crippen molar-refractivity contribution in [2.75, 3.05) is 19.8 Å². The van der Waals surface area contributed by atoms with E-state index >= 15 is 0 Å². The molecule has 0 saturated carbocycles. The van der Waals surface area contributed by atoms with Gasteiger partial charge in [0.25, 0.3) is 5.91 Å². The molecule has 3 rings (SSSR count). The SMILES string of the molecule is CCOc1cc(C(=O)NC2CCCc3ccccc32)cc(OCC)c1OCC. The molecule has 1 N–H and O–H groups in total. The maximum atomic E-state index is 13.0. The highest BCUT2D eigenvalue weighted by Crippen LogP contribution is 2.39. The van der Waals surface area contributed by atoms with E-state index in [-0.39, 0.29) is 11.9 Å². The molecule has 0 heterocycles. The maximum absolute atomic E-state index is 13.0. The summed E-state index contributed by atoms with van der Waals surface area (Å²) in [6, 6.07) is 11.8. The molecule has 1 aliphatic rings. The molecule has 0 radical (unpaired) electrons. The van der Waals surface area contributed by atoms with Crippen molar-refractivity contribution in [3.63, 3.8) is 0 Å². The van der Waals surface area contributed by atoms with Crippen molar-refractivity contribution in [3.05, 3.63) is 53.1 Å². The van der Waals surface area contributed by atoms with Gasteiger partial charge in [-0.2, -0.15) is 0 Å². The Hall–Kier alpha value is -2.69. The van der Waals surface area contributed by atoms with Crippen molar-refractivity contribution in [2.45, 2.75) is 46.1 Å². The van der Waals surface area contributed by atoms with Gasteiger partial charge in [-0.25, -0.2) is 0 Å². The third-order valence-electron chi connectivity index (χ3n) is 4.85. The molecule has 0 bridgehead atoms. The number of aryl methyl sites for hydroxylation is 1. The third-order valence-corrected chi connectivity index (χ3v) is 4.85. The molecular formula is C23H29NO4. The monoisotopic (exact) mass is 383 g/mol. The molecule has 0 spiro atoms. The van der Waals surface area contributed by atoms with Gasteiger partial charge in [-0.3, -0.25) is 4.79 Å². The average molecular weight is 383 g/mol. The zero-order chi connectivity index (χ0) is 19.9. The molecule has 5 nitrogen and oxygen atoms in total. The number of amides is 1. The van der Waals surface area contributed by atoms with E-state index in [0.29, 0.717) is 42.6 Å². The van der Waals surface area contributed by atoms with Crippen LogP contribution in [0.4, 0.5) is 0 Å². The molecule has 0 aliphatic heterocycles. The predicted octanol–water partition coefficient (Wildman–Crippen LogP) is 4.69. The van der Waals surface area contributed by atoms with Crippen LogP contribution in [0.25, 0.3) is 0 Å². The summed E-state index contributed by atoms with van der Waals surface area (Å²) in [5.41, 5.74) is 3.04. The lowest BCUT2D eigenvalue weighted by Crippen LogP contribution is -2.31. The van der Waals surface area contributed by atoms with E-state index in [2.05, 4.69) is 23.5 Å². The Morgan fingerprint density at radius 3 is 2.29 bits per heavy atom. The van der Waals surface area contributed by atoms with Gasteiger partial charge in [-0.1, -0.05) is 24.3 Å². The number of benzene rings is 2. The van der Waals surface area contributed by atoms with Gasteiger partial charge in [0, 0.05) is 5.56 Å². The van der Waals surface area contributed by atoms with Crippen LogP contribution in [-0.4, -0.2) is 25.7 Å². The lowest BCUT2D eigenvalue weighted by Gasteiger charge is -2.26. The zero-order valence-corrected chi connectivity index (χ0v) is 16.9. The van der Waals surface area contributed by atoms with Crippen LogP contribution in [0.5, 0.6) is 17.2 Å². The van der Waals surface area contributed by atoms with Crippen LogP contribution in [0, 0.1) is 0 Å². The van der Waals surface area contributed by atoms with Crippen LogP contribution in [-0.2, 0) is 6.42 Å². The highest BCUT2D eigenvalue weighted by molar-refractivity contribution is 5.96. The van der Waals surface area contributed by atoms with E-state index in [1.807, 2.05) is 26.8 Å². The fourth-order valence-corrected chi connectivity index (χ4v) is 3.67. The standard InChI is InChI=1S/C23H29NO4/c1-4-26-20-14-17(15-21(27-5-2)22(20)28-6-3)23(25)24-19-13-9-11-16-10-7-8-12-18(16)19/h7-8,10,12,14-15,19H,4-6,9,11,13H2,1-3H3,(H,24,25). The summed E-state index contributed by atoms with van der Waals surface area (Å²) in [5, 5.41) is 3.19. The quantitative estimate of drug-likeness (QED) is 0.718. The Bertz CT molecular complexity index is 791. The Morgan fingerprint density at radius 1 is 1.00 bits per heavy atom. The molecule has 1 amide bonds. The minimum Gasteiger partial charge on any atom is -0.490 e. The van der Waals surface area contributed by atoms with Crippen molar-refractivity contribution >= 4 is 5.91 Å². The molecule has 1 atom stereocenters. The Balaban J connectivity index is 1.89. The number of carbonyl (C=O) groups excluding carboxylic acids is 1. The smallest absolute Gasteiger partial charge is 0.252 e. The van der Waals surface area contributed by atoms with Crippen LogP contribution in [0.2, 0.25) is 0 Å². The predicted molar refractivity (Wildman–Crippen MR) is 110 cm³/mol. The van der Waals surface area contributed by atoms with Crippen LogP contribution in [0.3, 0.4) is 0 Å². The van der Waals surface area contributed by atoms with Gasteiger partial charge in [0.05, 0.1) is 25.9 Å². The first-order valence-corrected chi connectivity index (χ1v) is 10.1. The number of rotatable bonds is 8. The lowest BCUT2D eigenvalue weighted by atomic mass is 9.87.